The minimum absolute atomic E-state index is 0.116. The summed E-state index contributed by atoms with van der Waals surface area (Å²) in [5, 5.41) is 33.5. The normalized spacial score (nSPS) is 21.4. The van der Waals surface area contributed by atoms with Crippen LogP contribution in [0.4, 0.5) is 0 Å². The Kier molecular flexibility index (Phi) is 7.93. The predicted octanol–water partition coefficient (Wildman–Crippen LogP) is -0.854. The molecule has 0 bridgehead atoms. The fraction of sp³-hybridized carbons (Fsp3) is 0.636. The molecule has 1 heterocycles. The molecule has 7 nitrogen and oxygen atoms in total. The fourth-order valence-electron chi connectivity index (χ4n) is 1.69. The fourth-order valence-corrected chi connectivity index (χ4v) is 1.69. The summed E-state index contributed by atoms with van der Waals surface area (Å²) in [5.41, 5.74) is 0. The predicted molar refractivity (Wildman–Crippen MR) is 63.2 cm³/mol. The van der Waals surface area contributed by atoms with Crippen molar-refractivity contribution in [2.75, 3.05) is 20.2 Å². The summed E-state index contributed by atoms with van der Waals surface area (Å²) in [5.74, 6) is -2.51. The molecule has 2 unspecified atom stereocenters. The maximum Gasteiger partial charge on any atom is 0.328 e. The van der Waals surface area contributed by atoms with Gasteiger partial charge in [-0.2, -0.15) is 0 Å². The summed E-state index contributed by atoms with van der Waals surface area (Å²) in [7, 11) is 1.98. The first-order chi connectivity index (χ1) is 8.38. The van der Waals surface area contributed by atoms with E-state index in [4.69, 9.17) is 15.3 Å². The second-order valence-electron chi connectivity index (χ2n) is 3.95. The molecule has 0 aromatic rings. The van der Waals surface area contributed by atoms with Crippen LogP contribution in [0.15, 0.2) is 12.2 Å². The van der Waals surface area contributed by atoms with Crippen LogP contribution in [0.5, 0.6) is 0 Å². The molecule has 4 N–H and O–H groups in total. The van der Waals surface area contributed by atoms with Gasteiger partial charge in [-0.05, 0) is 26.4 Å². The van der Waals surface area contributed by atoms with Gasteiger partial charge in [0.1, 0.15) is 0 Å². The van der Waals surface area contributed by atoms with E-state index in [1.165, 1.54) is 0 Å². The monoisotopic (exact) mass is 261 g/mol. The van der Waals surface area contributed by atoms with Crippen molar-refractivity contribution in [3.63, 3.8) is 0 Å². The number of nitrogens with zero attached hydrogens (tertiary/aromatic N) is 1. The summed E-state index contributed by atoms with van der Waals surface area (Å²) in [4.78, 5) is 21.2. The number of likely N-dealkylation sites (N-methyl/N-ethyl adjacent to an activating group) is 1. The molecule has 2 atom stereocenters. The van der Waals surface area contributed by atoms with Gasteiger partial charge in [0, 0.05) is 18.2 Å². The Morgan fingerprint density at radius 1 is 1.33 bits per heavy atom. The van der Waals surface area contributed by atoms with E-state index in [-0.39, 0.29) is 12.6 Å². The SMILES string of the molecule is CN1CCCC1C(O)CO.O=C(O)/C=C/C(=O)O. The van der Waals surface area contributed by atoms with Gasteiger partial charge in [0.05, 0.1) is 12.7 Å². The Bertz CT molecular complexity index is 288. The lowest BCUT2D eigenvalue weighted by Crippen LogP contribution is -2.38. The van der Waals surface area contributed by atoms with Crippen molar-refractivity contribution in [3.05, 3.63) is 12.2 Å². The molecular weight excluding hydrogens is 242 g/mol. The summed E-state index contributed by atoms with van der Waals surface area (Å²) in [6.45, 7) is 0.927. The standard InChI is InChI=1S/C7H15NO2.C4H4O4/c1-8-4-2-3-6(8)7(10)5-9;5-3(6)1-2-4(7)8/h6-7,9-10H,2-5H2,1H3;1-2H,(H,5,6)(H,7,8)/b;2-1+. The van der Waals surface area contributed by atoms with E-state index in [1.807, 2.05) is 7.05 Å². The van der Waals surface area contributed by atoms with Crippen LogP contribution in [0.3, 0.4) is 0 Å². The Labute approximate surface area is 105 Å². The molecule has 0 spiro atoms. The number of hydrogen-bond acceptors (Lipinski definition) is 5. The molecular formula is C11H19NO6. The van der Waals surface area contributed by atoms with Crippen LogP contribution < -0.4 is 0 Å². The molecule has 1 rings (SSSR count). The zero-order valence-corrected chi connectivity index (χ0v) is 10.2. The number of likely N-dealkylation sites (tertiary alicyclic amines) is 1. The molecule has 0 aliphatic carbocycles. The lowest BCUT2D eigenvalue weighted by Gasteiger charge is -2.23. The summed E-state index contributed by atoms with van der Waals surface area (Å²) in [6, 6.07) is 0.185. The van der Waals surface area contributed by atoms with Crippen molar-refractivity contribution >= 4 is 11.9 Å². The highest BCUT2D eigenvalue weighted by atomic mass is 16.4. The molecule has 0 aromatic heterocycles. The van der Waals surface area contributed by atoms with Gasteiger partial charge in [-0.1, -0.05) is 0 Å². The van der Waals surface area contributed by atoms with Crippen LogP contribution in [0, 0.1) is 0 Å². The topological polar surface area (TPSA) is 118 Å². The van der Waals surface area contributed by atoms with E-state index >= 15 is 0 Å². The molecule has 7 heteroatoms. The maximum absolute atomic E-state index is 9.55. The first kappa shape index (κ1) is 16.6. The quantitative estimate of drug-likeness (QED) is 0.486. The molecule has 1 saturated heterocycles. The molecule has 1 aliphatic heterocycles. The maximum atomic E-state index is 9.55. The van der Waals surface area contributed by atoms with Crippen molar-refractivity contribution in [2.45, 2.75) is 25.0 Å². The first-order valence-corrected chi connectivity index (χ1v) is 5.51. The molecule has 0 amide bonds. The molecule has 0 radical (unpaired) electrons. The van der Waals surface area contributed by atoms with Crippen LogP contribution in [-0.4, -0.2) is 69.6 Å². The summed E-state index contributed by atoms with van der Waals surface area (Å²) < 4.78 is 0. The van der Waals surface area contributed by atoms with Crippen molar-refractivity contribution < 1.29 is 30.0 Å². The van der Waals surface area contributed by atoms with Crippen LogP contribution in [0.2, 0.25) is 0 Å². The zero-order valence-electron chi connectivity index (χ0n) is 10.2. The molecule has 0 aromatic carbocycles. The molecule has 18 heavy (non-hydrogen) atoms. The van der Waals surface area contributed by atoms with Gasteiger partial charge in [-0.3, -0.25) is 0 Å². The number of carboxylic acid groups (broad SMARTS) is 2. The van der Waals surface area contributed by atoms with Crippen molar-refractivity contribution in [2.24, 2.45) is 0 Å². The zero-order chi connectivity index (χ0) is 14.1. The molecule has 1 fully saturated rings. The third-order valence-electron chi connectivity index (χ3n) is 2.58. The summed E-state index contributed by atoms with van der Waals surface area (Å²) in [6.07, 6.45) is 2.72. The lowest BCUT2D eigenvalue weighted by molar-refractivity contribution is -0.134. The highest BCUT2D eigenvalue weighted by Gasteiger charge is 2.26. The minimum atomic E-state index is -1.26. The lowest BCUT2D eigenvalue weighted by atomic mass is 10.1. The molecule has 1 aliphatic rings. The van der Waals surface area contributed by atoms with Crippen molar-refractivity contribution in [3.8, 4) is 0 Å². The first-order valence-electron chi connectivity index (χ1n) is 5.51. The van der Waals surface area contributed by atoms with Crippen molar-refractivity contribution in [1.82, 2.24) is 4.90 Å². The second-order valence-corrected chi connectivity index (χ2v) is 3.95. The van der Waals surface area contributed by atoms with Gasteiger partial charge >= 0.3 is 11.9 Å². The van der Waals surface area contributed by atoms with E-state index in [2.05, 4.69) is 4.90 Å². The van der Waals surface area contributed by atoms with Gasteiger partial charge in [0.15, 0.2) is 0 Å². The number of aliphatic hydroxyl groups excluding tert-OH is 2. The second kappa shape index (κ2) is 8.62. The van der Waals surface area contributed by atoms with E-state index in [9.17, 15) is 14.7 Å². The van der Waals surface area contributed by atoms with E-state index in [0.29, 0.717) is 12.2 Å². The van der Waals surface area contributed by atoms with E-state index < -0.39 is 18.0 Å². The van der Waals surface area contributed by atoms with Gasteiger partial charge < -0.3 is 25.3 Å². The minimum Gasteiger partial charge on any atom is -0.478 e. The number of rotatable bonds is 4. The Morgan fingerprint density at radius 3 is 2.11 bits per heavy atom. The number of aliphatic hydroxyl groups is 2. The Balaban J connectivity index is 0.000000331. The smallest absolute Gasteiger partial charge is 0.328 e. The number of hydrogen-bond donors (Lipinski definition) is 4. The van der Waals surface area contributed by atoms with Gasteiger partial charge in [-0.15, -0.1) is 0 Å². The van der Waals surface area contributed by atoms with Crippen molar-refractivity contribution in [1.29, 1.82) is 0 Å². The van der Waals surface area contributed by atoms with Crippen LogP contribution in [-0.2, 0) is 9.59 Å². The van der Waals surface area contributed by atoms with Gasteiger partial charge in [0.25, 0.3) is 0 Å². The van der Waals surface area contributed by atoms with Crippen LogP contribution >= 0.6 is 0 Å². The van der Waals surface area contributed by atoms with E-state index in [0.717, 1.165) is 19.4 Å². The van der Waals surface area contributed by atoms with Gasteiger partial charge in [0.2, 0.25) is 0 Å². The van der Waals surface area contributed by atoms with Crippen LogP contribution in [0.1, 0.15) is 12.8 Å². The van der Waals surface area contributed by atoms with Gasteiger partial charge in [-0.25, -0.2) is 9.59 Å². The van der Waals surface area contributed by atoms with Crippen LogP contribution in [0.25, 0.3) is 0 Å². The molecule has 104 valence electrons. The highest BCUT2D eigenvalue weighted by Crippen LogP contribution is 2.17. The number of carboxylic acids is 2. The third kappa shape index (κ3) is 7.00. The number of aliphatic carboxylic acids is 2. The Hall–Kier alpha value is -1.44. The largest absolute Gasteiger partial charge is 0.478 e. The summed E-state index contributed by atoms with van der Waals surface area (Å²) >= 11 is 0. The average molecular weight is 261 g/mol. The number of carbonyl (C=O) groups is 2. The molecule has 0 saturated carbocycles. The van der Waals surface area contributed by atoms with E-state index in [1.54, 1.807) is 0 Å². The Morgan fingerprint density at radius 2 is 1.83 bits per heavy atom. The third-order valence-corrected chi connectivity index (χ3v) is 2.58. The highest BCUT2D eigenvalue weighted by molar-refractivity contribution is 5.89. The average Bonchev–Trinajstić information content (AvgIpc) is 2.72.